The van der Waals surface area contributed by atoms with E-state index in [0.29, 0.717) is 6.42 Å². The van der Waals surface area contributed by atoms with Gasteiger partial charge in [-0.1, -0.05) is 0 Å². The van der Waals surface area contributed by atoms with Gasteiger partial charge in [0.25, 0.3) is 0 Å². The zero-order valence-electron chi connectivity index (χ0n) is 10.9. The van der Waals surface area contributed by atoms with Gasteiger partial charge >= 0.3 is 0 Å². The summed E-state index contributed by atoms with van der Waals surface area (Å²) in [4.78, 5) is 15.9. The van der Waals surface area contributed by atoms with Crippen LogP contribution in [0.2, 0.25) is 0 Å². The second kappa shape index (κ2) is 5.15. The van der Waals surface area contributed by atoms with Crippen LogP contribution in [0.5, 0.6) is 0 Å². The molecule has 0 aromatic carbocycles. The number of carbonyl (C=O) groups is 1. The van der Waals surface area contributed by atoms with Crippen molar-refractivity contribution < 1.29 is 9.90 Å². The number of nitrogens with zero attached hydrogens (tertiary/aromatic N) is 2. The molecule has 4 heteroatoms. The molecule has 1 heterocycles. The van der Waals surface area contributed by atoms with E-state index in [-0.39, 0.29) is 24.0 Å². The standard InChI is InChI=1S/C12H24N2O2/c1-12(2)10(9-15)8-11(16)14(12)7-5-6-13(3)4/h10,15H,5-9H2,1-4H3. The number of aliphatic hydroxyl groups is 1. The molecule has 0 aromatic heterocycles. The molecule has 0 aromatic rings. The Balaban J connectivity index is 2.55. The van der Waals surface area contributed by atoms with Gasteiger partial charge in [-0.25, -0.2) is 0 Å². The van der Waals surface area contributed by atoms with Crippen molar-refractivity contribution in [2.45, 2.75) is 32.2 Å². The number of carbonyl (C=O) groups excluding carboxylic acids is 1. The first-order valence-electron chi connectivity index (χ1n) is 5.95. The minimum Gasteiger partial charge on any atom is -0.396 e. The molecule has 0 radical (unpaired) electrons. The van der Waals surface area contributed by atoms with E-state index in [0.717, 1.165) is 19.5 Å². The second-order valence-electron chi connectivity index (χ2n) is 5.44. The molecule has 1 unspecified atom stereocenters. The van der Waals surface area contributed by atoms with Crippen LogP contribution in [0.1, 0.15) is 26.7 Å². The summed E-state index contributed by atoms with van der Waals surface area (Å²) in [5.41, 5.74) is -0.196. The summed E-state index contributed by atoms with van der Waals surface area (Å²) >= 11 is 0. The van der Waals surface area contributed by atoms with E-state index in [1.807, 2.05) is 19.0 Å². The molecule has 1 aliphatic heterocycles. The Bertz CT molecular complexity index is 251. The molecule has 16 heavy (non-hydrogen) atoms. The van der Waals surface area contributed by atoms with Crippen molar-refractivity contribution in [1.29, 1.82) is 0 Å². The van der Waals surface area contributed by atoms with Gasteiger partial charge in [0, 0.05) is 31.0 Å². The molecular weight excluding hydrogens is 204 g/mol. The fourth-order valence-corrected chi connectivity index (χ4v) is 2.36. The van der Waals surface area contributed by atoms with Gasteiger partial charge in [-0.15, -0.1) is 0 Å². The van der Waals surface area contributed by atoms with E-state index in [1.165, 1.54) is 0 Å². The number of likely N-dealkylation sites (tertiary alicyclic amines) is 1. The lowest BCUT2D eigenvalue weighted by molar-refractivity contribution is -0.130. The van der Waals surface area contributed by atoms with Crippen LogP contribution in [0.15, 0.2) is 0 Å². The average molecular weight is 228 g/mol. The maximum Gasteiger partial charge on any atom is 0.223 e. The molecule has 4 nitrogen and oxygen atoms in total. The van der Waals surface area contributed by atoms with Crippen LogP contribution in [0, 0.1) is 5.92 Å². The highest BCUT2D eigenvalue weighted by atomic mass is 16.3. The molecular formula is C12H24N2O2. The van der Waals surface area contributed by atoms with Gasteiger partial charge in [-0.05, 0) is 40.9 Å². The van der Waals surface area contributed by atoms with Crippen LogP contribution < -0.4 is 0 Å². The Morgan fingerprint density at radius 3 is 2.56 bits per heavy atom. The third-order valence-corrected chi connectivity index (χ3v) is 3.62. The molecule has 0 bridgehead atoms. The first-order valence-corrected chi connectivity index (χ1v) is 5.95. The van der Waals surface area contributed by atoms with Gasteiger partial charge in [-0.3, -0.25) is 4.79 Å². The minimum atomic E-state index is -0.196. The molecule has 1 N–H and O–H groups in total. The van der Waals surface area contributed by atoms with Crippen molar-refractivity contribution in [1.82, 2.24) is 9.80 Å². The lowest BCUT2D eigenvalue weighted by atomic mass is 9.89. The van der Waals surface area contributed by atoms with Crippen LogP contribution >= 0.6 is 0 Å². The van der Waals surface area contributed by atoms with E-state index in [1.54, 1.807) is 0 Å². The molecule has 1 saturated heterocycles. The summed E-state index contributed by atoms with van der Waals surface area (Å²) < 4.78 is 0. The highest BCUT2D eigenvalue weighted by molar-refractivity contribution is 5.80. The number of hydrogen-bond acceptors (Lipinski definition) is 3. The van der Waals surface area contributed by atoms with Crippen molar-refractivity contribution in [3.8, 4) is 0 Å². The van der Waals surface area contributed by atoms with E-state index >= 15 is 0 Å². The van der Waals surface area contributed by atoms with E-state index in [9.17, 15) is 9.90 Å². The first-order chi connectivity index (χ1) is 7.39. The SMILES string of the molecule is CN(C)CCCN1C(=O)CC(CO)C1(C)C. The lowest BCUT2D eigenvalue weighted by Gasteiger charge is -2.35. The third kappa shape index (κ3) is 2.74. The fraction of sp³-hybridized carbons (Fsp3) is 0.917. The lowest BCUT2D eigenvalue weighted by Crippen LogP contribution is -2.45. The fourth-order valence-electron chi connectivity index (χ4n) is 2.36. The van der Waals surface area contributed by atoms with Gasteiger partial charge in [-0.2, -0.15) is 0 Å². The molecule has 0 spiro atoms. The van der Waals surface area contributed by atoms with Crippen LogP contribution in [-0.4, -0.2) is 60.1 Å². The Morgan fingerprint density at radius 1 is 1.50 bits per heavy atom. The normalized spacial score (nSPS) is 24.5. The summed E-state index contributed by atoms with van der Waals surface area (Å²) in [6.45, 7) is 5.98. The molecule has 1 fully saturated rings. The third-order valence-electron chi connectivity index (χ3n) is 3.62. The van der Waals surface area contributed by atoms with Crippen molar-refractivity contribution in [3.63, 3.8) is 0 Å². The number of hydrogen-bond donors (Lipinski definition) is 1. The van der Waals surface area contributed by atoms with Gasteiger partial charge in [0.05, 0.1) is 0 Å². The molecule has 1 amide bonds. The van der Waals surface area contributed by atoms with E-state index in [4.69, 9.17) is 0 Å². The van der Waals surface area contributed by atoms with Crippen molar-refractivity contribution >= 4 is 5.91 Å². The summed E-state index contributed by atoms with van der Waals surface area (Å²) in [5.74, 6) is 0.266. The van der Waals surface area contributed by atoms with Crippen molar-refractivity contribution in [2.24, 2.45) is 5.92 Å². The van der Waals surface area contributed by atoms with Gasteiger partial charge in [0.15, 0.2) is 0 Å². The van der Waals surface area contributed by atoms with E-state index < -0.39 is 0 Å². The van der Waals surface area contributed by atoms with Gasteiger partial charge in [0.2, 0.25) is 5.91 Å². The van der Waals surface area contributed by atoms with Crippen molar-refractivity contribution in [3.05, 3.63) is 0 Å². The average Bonchev–Trinajstić information content (AvgIpc) is 2.39. The zero-order chi connectivity index (χ0) is 12.3. The van der Waals surface area contributed by atoms with Crippen molar-refractivity contribution in [2.75, 3.05) is 33.8 Å². The molecule has 0 aliphatic carbocycles. The summed E-state index contributed by atoms with van der Waals surface area (Å²) in [7, 11) is 4.07. The molecule has 0 saturated carbocycles. The number of rotatable bonds is 5. The minimum absolute atomic E-state index is 0.0827. The summed E-state index contributed by atoms with van der Waals surface area (Å²) in [6, 6.07) is 0. The Morgan fingerprint density at radius 2 is 2.12 bits per heavy atom. The highest BCUT2D eigenvalue weighted by Gasteiger charge is 2.45. The monoisotopic (exact) mass is 228 g/mol. The number of aliphatic hydroxyl groups excluding tert-OH is 1. The zero-order valence-corrected chi connectivity index (χ0v) is 10.9. The number of amides is 1. The Hall–Kier alpha value is -0.610. The smallest absolute Gasteiger partial charge is 0.223 e. The summed E-state index contributed by atoms with van der Waals surface area (Å²) in [5, 5.41) is 9.26. The largest absolute Gasteiger partial charge is 0.396 e. The second-order valence-corrected chi connectivity index (χ2v) is 5.44. The Labute approximate surface area is 98.2 Å². The van der Waals surface area contributed by atoms with Crippen LogP contribution in [0.3, 0.4) is 0 Å². The maximum absolute atomic E-state index is 11.8. The Kier molecular flexibility index (Phi) is 4.33. The molecule has 1 atom stereocenters. The predicted octanol–water partition coefficient (Wildman–Crippen LogP) is 0.557. The van der Waals surface area contributed by atoms with Gasteiger partial charge < -0.3 is 14.9 Å². The van der Waals surface area contributed by atoms with Crippen LogP contribution in [-0.2, 0) is 4.79 Å². The highest BCUT2D eigenvalue weighted by Crippen LogP contribution is 2.34. The molecule has 1 rings (SSSR count). The van der Waals surface area contributed by atoms with Crippen LogP contribution in [0.4, 0.5) is 0 Å². The first kappa shape index (κ1) is 13.5. The summed E-state index contributed by atoms with van der Waals surface area (Å²) in [6.07, 6.45) is 1.48. The predicted molar refractivity (Wildman–Crippen MR) is 64.2 cm³/mol. The quantitative estimate of drug-likeness (QED) is 0.747. The topological polar surface area (TPSA) is 43.8 Å². The van der Waals surface area contributed by atoms with Gasteiger partial charge in [0.1, 0.15) is 0 Å². The molecule has 1 aliphatic rings. The maximum atomic E-state index is 11.8. The van der Waals surface area contributed by atoms with E-state index in [2.05, 4.69) is 18.7 Å². The molecule has 94 valence electrons. The van der Waals surface area contributed by atoms with Crippen LogP contribution in [0.25, 0.3) is 0 Å².